The number of hydrogen-bond donors (Lipinski definition) is 0. The first kappa shape index (κ1) is 19.4. The van der Waals surface area contributed by atoms with Crippen LogP contribution in [0, 0.1) is 17.3 Å². The lowest BCUT2D eigenvalue weighted by Gasteiger charge is -2.36. The number of ketones is 1. The zero-order chi connectivity index (χ0) is 17.7. The summed E-state index contributed by atoms with van der Waals surface area (Å²) in [5.74, 6) is 0.185. The van der Waals surface area contributed by atoms with Gasteiger partial charge in [0.25, 0.3) is 0 Å². The van der Waals surface area contributed by atoms with Gasteiger partial charge < -0.3 is 9.64 Å². The van der Waals surface area contributed by atoms with E-state index in [0.29, 0.717) is 0 Å². The van der Waals surface area contributed by atoms with Gasteiger partial charge in [0.2, 0.25) is 5.91 Å². The van der Waals surface area contributed by atoms with Gasteiger partial charge >= 0.3 is 0 Å². The van der Waals surface area contributed by atoms with Crippen LogP contribution in [0.3, 0.4) is 0 Å². The third-order valence-corrected chi connectivity index (χ3v) is 5.39. The first-order valence-corrected chi connectivity index (χ1v) is 9.40. The average molecular weight is 338 g/mol. The number of carbonyl (C=O) groups is 2. The topological polar surface area (TPSA) is 49.9 Å². The summed E-state index contributed by atoms with van der Waals surface area (Å²) in [4.78, 5) is 29.9. The molecule has 0 radical (unpaired) electrons. The van der Waals surface area contributed by atoms with Gasteiger partial charge in [-0.1, -0.05) is 33.6 Å². The van der Waals surface area contributed by atoms with Crippen LogP contribution in [0.2, 0.25) is 0 Å². The van der Waals surface area contributed by atoms with E-state index in [2.05, 4.69) is 4.90 Å². The molecule has 0 aromatic heterocycles. The molecule has 2 aliphatic rings. The maximum atomic E-state index is 12.9. The second-order valence-corrected chi connectivity index (χ2v) is 8.33. The van der Waals surface area contributed by atoms with Gasteiger partial charge in [-0.3, -0.25) is 14.5 Å². The molecule has 1 saturated heterocycles. The molecule has 5 nitrogen and oxygen atoms in total. The molecule has 2 fully saturated rings. The molecule has 1 aliphatic heterocycles. The highest BCUT2D eigenvalue weighted by atomic mass is 16.5. The second kappa shape index (κ2) is 8.43. The number of likely N-dealkylation sites (N-methyl/N-ethyl adjacent to an activating group) is 1. The fourth-order valence-electron chi connectivity index (χ4n) is 3.81. The van der Waals surface area contributed by atoms with Crippen molar-refractivity contribution in [2.45, 2.75) is 46.5 Å². The Balaban J connectivity index is 1.93. The Kier molecular flexibility index (Phi) is 6.81. The molecule has 0 aromatic carbocycles. The van der Waals surface area contributed by atoms with Crippen molar-refractivity contribution in [3.63, 3.8) is 0 Å². The molecular weight excluding hydrogens is 304 g/mol. The molecule has 0 N–H and O–H groups in total. The third-order valence-electron chi connectivity index (χ3n) is 5.39. The highest BCUT2D eigenvalue weighted by molar-refractivity contribution is 5.91. The van der Waals surface area contributed by atoms with Gasteiger partial charge in [-0.05, 0) is 12.8 Å². The predicted molar refractivity (Wildman–Crippen MR) is 94.8 cm³/mol. The summed E-state index contributed by atoms with van der Waals surface area (Å²) < 4.78 is 5.36. The number of rotatable bonds is 5. The number of amides is 1. The zero-order valence-electron chi connectivity index (χ0n) is 15.8. The minimum absolute atomic E-state index is 0.0999. The van der Waals surface area contributed by atoms with E-state index >= 15 is 0 Å². The standard InChI is InChI=1S/C19H34N2O3/c1-19(2,3)17(22)15-7-5-6-8-16(15)18(23)20(4)9-10-21-11-13-24-14-12-21/h15-16H,5-14H2,1-4H3/t15-,16+/m0/s1. The van der Waals surface area contributed by atoms with Crippen molar-refractivity contribution in [3.8, 4) is 0 Å². The summed E-state index contributed by atoms with van der Waals surface area (Å²) in [6.07, 6.45) is 3.84. The quantitative estimate of drug-likeness (QED) is 0.771. The molecule has 5 heteroatoms. The van der Waals surface area contributed by atoms with Crippen LogP contribution in [-0.4, -0.2) is 67.9 Å². The zero-order valence-corrected chi connectivity index (χ0v) is 15.8. The summed E-state index contributed by atoms with van der Waals surface area (Å²) in [7, 11) is 1.88. The lowest BCUT2D eigenvalue weighted by molar-refractivity contribution is -0.145. The average Bonchev–Trinajstić information content (AvgIpc) is 2.58. The number of Topliss-reactive ketones (excluding diaryl/α,β-unsaturated/α-hetero) is 1. The van der Waals surface area contributed by atoms with Crippen LogP contribution in [-0.2, 0) is 14.3 Å². The highest BCUT2D eigenvalue weighted by Gasteiger charge is 2.40. The lowest BCUT2D eigenvalue weighted by atomic mass is 9.70. The second-order valence-electron chi connectivity index (χ2n) is 8.33. The van der Waals surface area contributed by atoms with Gasteiger partial charge in [-0.15, -0.1) is 0 Å². The molecule has 0 aromatic rings. The smallest absolute Gasteiger partial charge is 0.226 e. The Hall–Kier alpha value is -0.940. The molecular formula is C19H34N2O3. The number of ether oxygens (including phenoxy) is 1. The molecule has 0 spiro atoms. The van der Waals surface area contributed by atoms with Crippen molar-refractivity contribution in [2.24, 2.45) is 17.3 Å². The van der Waals surface area contributed by atoms with Gasteiger partial charge in [-0.2, -0.15) is 0 Å². The minimum Gasteiger partial charge on any atom is -0.379 e. The Morgan fingerprint density at radius 2 is 1.67 bits per heavy atom. The number of nitrogens with zero attached hydrogens (tertiary/aromatic N) is 2. The normalized spacial score (nSPS) is 26.2. The van der Waals surface area contributed by atoms with E-state index in [0.717, 1.165) is 65.1 Å². The van der Waals surface area contributed by atoms with Crippen LogP contribution in [0.4, 0.5) is 0 Å². The molecule has 1 aliphatic carbocycles. The largest absolute Gasteiger partial charge is 0.379 e. The van der Waals surface area contributed by atoms with E-state index in [1.54, 1.807) is 0 Å². The van der Waals surface area contributed by atoms with Crippen molar-refractivity contribution in [3.05, 3.63) is 0 Å². The summed E-state index contributed by atoms with van der Waals surface area (Å²) in [5, 5.41) is 0. The molecule has 1 amide bonds. The fourth-order valence-corrected chi connectivity index (χ4v) is 3.81. The minimum atomic E-state index is -0.368. The van der Waals surface area contributed by atoms with Crippen LogP contribution in [0.5, 0.6) is 0 Å². The van der Waals surface area contributed by atoms with Crippen molar-refractivity contribution in [1.29, 1.82) is 0 Å². The van der Waals surface area contributed by atoms with E-state index in [-0.39, 0.29) is 28.9 Å². The molecule has 138 valence electrons. The van der Waals surface area contributed by atoms with Gasteiger partial charge in [0.05, 0.1) is 13.2 Å². The maximum absolute atomic E-state index is 12.9. The van der Waals surface area contributed by atoms with Crippen molar-refractivity contribution < 1.29 is 14.3 Å². The van der Waals surface area contributed by atoms with Crippen LogP contribution in [0.25, 0.3) is 0 Å². The number of hydrogen-bond acceptors (Lipinski definition) is 4. The Morgan fingerprint density at radius 3 is 2.25 bits per heavy atom. The van der Waals surface area contributed by atoms with Gasteiger partial charge in [-0.25, -0.2) is 0 Å². The summed E-state index contributed by atoms with van der Waals surface area (Å²) in [6.45, 7) is 11.0. The predicted octanol–water partition coefficient (Wildman–Crippen LogP) is 2.20. The molecule has 2 rings (SSSR count). The highest BCUT2D eigenvalue weighted by Crippen LogP contribution is 2.36. The monoisotopic (exact) mass is 338 g/mol. The Bertz CT molecular complexity index is 438. The van der Waals surface area contributed by atoms with Gasteiger partial charge in [0, 0.05) is 50.5 Å². The van der Waals surface area contributed by atoms with E-state index in [1.807, 2.05) is 32.7 Å². The maximum Gasteiger partial charge on any atom is 0.226 e. The van der Waals surface area contributed by atoms with Crippen LogP contribution in [0.15, 0.2) is 0 Å². The van der Waals surface area contributed by atoms with Crippen molar-refractivity contribution in [2.75, 3.05) is 46.4 Å². The Labute approximate surface area is 146 Å². The molecule has 2 atom stereocenters. The molecule has 1 heterocycles. The van der Waals surface area contributed by atoms with Gasteiger partial charge in [0.15, 0.2) is 0 Å². The van der Waals surface area contributed by atoms with E-state index in [9.17, 15) is 9.59 Å². The first-order valence-electron chi connectivity index (χ1n) is 9.40. The summed E-state index contributed by atoms with van der Waals surface area (Å²) >= 11 is 0. The lowest BCUT2D eigenvalue weighted by Crippen LogP contribution is -2.46. The molecule has 1 saturated carbocycles. The SMILES string of the molecule is CN(CCN1CCOCC1)C(=O)[C@@H]1CCCC[C@@H]1C(=O)C(C)(C)C. The summed E-state index contributed by atoms with van der Waals surface area (Å²) in [6, 6.07) is 0. The van der Waals surface area contributed by atoms with E-state index in [1.165, 1.54) is 0 Å². The van der Waals surface area contributed by atoms with E-state index in [4.69, 9.17) is 4.74 Å². The van der Waals surface area contributed by atoms with E-state index < -0.39 is 0 Å². The first-order chi connectivity index (χ1) is 11.3. The third kappa shape index (κ3) is 5.03. The van der Waals surface area contributed by atoms with Crippen LogP contribution >= 0.6 is 0 Å². The van der Waals surface area contributed by atoms with Crippen molar-refractivity contribution >= 4 is 11.7 Å². The van der Waals surface area contributed by atoms with Crippen LogP contribution < -0.4 is 0 Å². The molecule has 24 heavy (non-hydrogen) atoms. The molecule has 0 bridgehead atoms. The fraction of sp³-hybridized carbons (Fsp3) is 0.895. The number of carbonyl (C=O) groups excluding carboxylic acids is 2. The Morgan fingerprint density at radius 1 is 1.08 bits per heavy atom. The van der Waals surface area contributed by atoms with Crippen LogP contribution in [0.1, 0.15) is 46.5 Å². The molecule has 0 unspecified atom stereocenters. The number of morpholine rings is 1. The van der Waals surface area contributed by atoms with Crippen molar-refractivity contribution in [1.82, 2.24) is 9.80 Å². The van der Waals surface area contributed by atoms with Gasteiger partial charge in [0.1, 0.15) is 5.78 Å². The summed E-state index contributed by atoms with van der Waals surface area (Å²) in [5.41, 5.74) is -0.368.